The second kappa shape index (κ2) is 8.68. The molecular weight excluding hydrogens is 382 g/mol. The number of fused-ring (bicyclic) bond motifs is 3. The van der Waals surface area contributed by atoms with Gasteiger partial charge in [-0.1, -0.05) is 0 Å². The van der Waals surface area contributed by atoms with E-state index < -0.39 is 17.9 Å². The van der Waals surface area contributed by atoms with E-state index in [0.29, 0.717) is 23.3 Å². The smallest absolute Gasteiger partial charge is 0.339 e. The van der Waals surface area contributed by atoms with Crippen molar-refractivity contribution in [2.75, 3.05) is 18.6 Å². The fourth-order valence-electron chi connectivity index (χ4n) is 3.50. The first-order chi connectivity index (χ1) is 13.4. The van der Waals surface area contributed by atoms with Crippen molar-refractivity contribution in [3.8, 4) is 5.75 Å². The monoisotopic (exact) mass is 405 g/mol. The Morgan fingerprint density at radius 3 is 2.68 bits per heavy atom. The van der Waals surface area contributed by atoms with Crippen molar-refractivity contribution in [1.29, 1.82) is 0 Å². The highest BCUT2D eigenvalue weighted by molar-refractivity contribution is 7.98. The van der Waals surface area contributed by atoms with Crippen LogP contribution in [-0.4, -0.2) is 41.6 Å². The number of carbonyl (C=O) groups excluding carboxylic acids is 1. The third-order valence-electron chi connectivity index (χ3n) is 4.75. The number of nitrogens with one attached hydrogen (secondary N) is 1. The average Bonchev–Trinajstić information content (AvgIpc) is 2.65. The van der Waals surface area contributed by atoms with E-state index in [4.69, 9.17) is 14.3 Å². The summed E-state index contributed by atoms with van der Waals surface area (Å²) in [6.07, 6.45) is 5.14. The summed E-state index contributed by atoms with van der Waals surface area (Å²) in [7, 11) is 0. The Labute approximate surface area is 166 Å². The molecule has 1 atom stereocenters. The number of aliphatic carboxylic acids is 1. The first-order valence-electron chi connectivity index (χ1n) is 9.13. The molecule has 150 valence electrons. The highest BCUT2D eigenvalue weighted by atomic mass is 32.2. The fraction of sp³-hybridized carbons (Fsp3) is 0.450. The Balaban J connectivity index is 1.88. The van der Waals surface area contributed by atoms with Gasteiger partial charge < -0.3 is 19.6 Å². The van der Waals surface area contributed by atoms with Gasteiger partial charge >= 0.3 is 11.6 Å². The number of ether oxygens (including phenoxy) is 1. The summed E-state index contributed by atoms with van der Waals surface area (Å²) in [6.45, 7) is 1.54. The number of carbonyl (C=O) groups is 2. The molecule has 0 radical (unpaired) electrons. The number of aryl methyl sites for hydroxylation is 2. The van der Waals surface area contributed by atoms with Crippen LogP contribution in [-0.2, 0) is 22.4 Å². The van der Waals surface area contributed by atoms with Gasteiger partial charge in [0.25, 0.3) is 5.91 Å². The summed E-state index contributed by atoms with van der Waals surface area (Å²) < 4.78 is 11.3. The molecule has 1 heterocycles. The van der Waals surface area contributed by atoms with Gasteiger partial charge in [-0.3, -0.25) is 4.79 Å². The number of amides is 1. The first-order valence-corrected chi connectivity index (χ1v) is 10.5. The van der Waals surface area contributed by atoms with E-state index in [2.05, 4.69) is 5.32 Å². The summed E-state index contributed by atoms with van der Waals surface area (Å²) >= 11 is 1.34. The summed E-state index contributed by atoms with van der Waals surface area (Å²) in [6, 6.07) is 2.63. The first kappa shape index (κ1) is 20.3. The molecule has 1 unspecified atom stereocenters. The number of thioether (sulfide) groups is 1. The van der Waals surface area contributed by atoms with Crippen molar-refractivity contribution in [2.24, 2.45) is 0 Å². The van der Waals surface area contributed by atoms with Crippen LogP contribution in [0.4, 0.5) is 0 Å². The predicted molar refractivity (Wildman–Crippen MR) is 107 cm³/mol. The van der Waals surface area contributed by atoms with Crippen LogP contribution >= 0.6 is 11.8 Å². The minimum Gasteiger partial charge on any atom is -0.483 e. The second-order valence-electron chi connectivity index (χ2n) is 6.89. The lowest BCUT2D eigenvalue weighted by molar-refractivity contribution is -0.141. The van der Waals surface area contributed by atoms with E-state index in [1.807, 2.05) is 6.92 Å². The van der Waals surface area contributed by atoms with Gasteiger partial charge in [-0.2, -0.15) is 11.8 Å². The zero-order chi connectivity index (χ0) is 20.3. The highest BCUT2D eigenvalue weighted by Gasteiger charge is 2.23. The maximum absolute atomic E-state index is 12.3. The van der Waals surface area contributed by atoms with E-state index in [0.717, 1.165) is 35.8 Å². The molecular formula is C20H23NO6S. The number of benzene rings is 1. The fourth-order valence-corrected chi connectivity index (χ4v) is 4.06. The lowest BCUT2D eigenvalue weighted by atomic mass is 9.90. The Kier molecular flexibility index (Phi) is 6.28. The molecule has 1 aliphatic rings. The molecule has 0 saturated heterocycles. The predicted octanol–water partition coefficient (Wildman–Crippen LogP) is 2.29. The normalized spacial score (nSPS) is 14.4. The van der Waals surface area contributed by atoms with E-state index in [1.54, 1.807) is 18.4 Å². The zero-order valence-electron chi connectivity index (χ0n) is 15.9. The molecule has 0 aliphatic heterocycles. The van der Waals surface area contributed by atoms with E-state index >= 15 is 0 Å². The van der Waals surface area contributed by atoms with Crippen molar-refractivity contribution < 1.29 is 23.8 Å². The lowest BCUT2D eigenvalue weighted by Gasteiger charge is -2.19. The third-order valence-corrected chi connectivity index (χ3v) is 5.42. The van der Waals surface area contributed by atoms with Crippen molar-refractivity contribution in [3.05, 3.63) is 39.2 Å². The Bertz CT molecular complexity index is 967. The van der Waals surface area contributed by atoms with Crippen molar-refractivity contribution >= 4 is 34.6 Å². The van der Waals surface area contributed by atoms with Gasteiger partial charge in [0.2, 0.25) is 0 Å². The number of carboxylic acids is 1. The van der Waals surface area contributed by atoms with E-state index in [1.165, 1.54) is 11.8 Å². The van der Waals surface area contributed by atoms with Crippen LogP contribution in [0.1, 0.15) is 29.5 Å². The van der Waals surface area contributed by atoms with Crippen LogP contribution < -0.4 is 15.7 Å². The second-order valence-corrected chi connectivity index (χ2v) is 7.80. The van der Waals surface area contributed by atoms with Crippen LogP contribution in [0.25, 0.3) is 11.0 Å². The van der Waals surface area contributed by atoms with Crippen molar-refractivity contribution in [1.82, 2.24) is 5.32 Å². The quantitative estimate of drug-likeness (QED) is 0.681. The van der Waals surface area contributed by atoms with Crippen LogP contribution in [0.2, 0.25) is 0 Å². The largest absolute Gasteiger partial charge is 0.483 e. The van der Waals surface area contributed by atoms with Gasteiger partial charge in [0, 0.05) is 11.3 Å². The molecule has 1 aromatic carbocycles. The molecule has 1 aliphatic carbocycles. The Morgan fingerprint density at radius 1 is 1.29 bits per heavy atom. The number of hydrogen-bond donors (Lipinski definition) is 2. The van der Waals surface area contributed by atoms with Gasteiger partial charge in [-0.05, 0) is 62.1 Å². The lowest BCUT2D eigenvalue weighted by Crippen LogP contribution is -2.44. The van der Waals surface area contributed by atoms with Gasteiger partial charge in [-0.15, -0.1) is 0 Å². The molecule has 0 fully saturated rings. The van der Waals surface area contributed by atoms with Crippen LogP contribution in [0.5, 0.6) is 5.75 Å². The molecule has 2 aromatic rings. The van der Waals surface area contributed by atoms with Crippen LogP contribution in [0, 0.1) is 6.92 Å². The molecule has 0 saturated carbocycles. The molecule has 1 amide bonds. The minimum absolute atomic E-state index is 0.271. The Hall–Kier alpha value is -2.48. The summed E-state index contributed by atoms with van der Waals surface area (Å²) in [5.41, 5.74) is 2.60. The number of rotatable bonds is 7. The summed E-state index contributed by atoms with van der Waals surface area (Å²) in [4.78, 5) is 35.7. The molecule has 0 spiro atoms. The topological polar surface area (TPSA) is 106 Å². The number of hydrogen-bond acceptors (Lipinski definition) is 6. The Morgan fingerprint density at radius 2 is 2.00 bits per heavy atom. The highest BCUT2D eigenvalue weighted by Crippen LogP contribution is 2.34. The van der Waals surface area contributed by atoms with Gasteiger partial charge in [0.05, 0.1) is 5.39 Å². The zero-order valence-corrected chi connectivity index (χ0v) is 16.7. The molecule has 28 heavy (non-hydrogen) atoms. The SMILES string of the molecule is CSCC(NC(=O)COc1cc(C)cc2oc(=O)c3c(c12)CCCC3)C(=O)O. The molecule has 1 aromatic heterocycles. The molecule has 3 rings (SSSR count). The van der Waals surface area contributed by atoms with Gasteiger partial charge in [-0.25, -0.2) is 9.59 Å². The van der Waals surface area contributed by atoms with E-state index in [9.17, 15) is 14.4 Å². The summed E-state index contributed by atoms with van der Waals surface area (Å²) in [5.74, 6) is -0.849. The maximum atomic E-state index is 12.3. The molecule has 0 bridgehead atoms. The number of carboxylic acid groups (broad SMARTS) is 1. The molecule has 7 nitrogen and oxygen atoms in total. The van der Waals surface area contributed by atoms with Crippen molar-refractivity contribution in [2.45, 2.75) is 38.6 Å². The van der Waals surface area contributed by atoms with E-state index in [-0.39, 0.29) is 18.0 Å². The van der Waals surface area contributed by atoms with Gasteiger partial charge in [0.15, 0.2) is 6.61 Å². The van der Waals surface area contributed by atoms with Crippen molar-refractivity contribution in [3.63, 3.8) is 0 Å². The maximum Gasteiger partial charge on any atom is 0.339 e. The van der Waals surface area contributed by atoms with Crippen LogP contribution in [0.15, 0.2) is 21.3 Å². The third kappa shape index (κ3) is 4.32. The average molecular weight is 405 g/mol. The summed E-state index contributed by atoms with van der Waals surface area (Å²) in [5, 5.41) is 12.4. The van der Waals surface area contributed by atoms with Crippen LogP contribution in [0.3, 0.4) is 0 Å². The van der Waals surface area contributed by atoms with Gasteiger partial charge in [0.1, 0.15) is 17.4 Å². The standard InChI is InChI=1S/C20H23NO6S/c1-11-7-15(26-9-17(22)21-14(10-28-2)19(23)24)18-12-5-3-4-6-13(12)20(25)27-16(18)8-11/h7-8,14H,3-6,9-10H2,1-2H3,(H,21,22)(H,23,24). The minimum atomic E-state index is -1.08. The molecule has 2 N–H and O–H groups in total. The molecule has 8 heteroatoms.